The van der Waals surface area contributed by atoms with Gasteiger partial charge in [0.05, 0.1) is 11.8 Å². The van der Waals surface area contributed by atoms with Crippen molar-refractivity contribution in [2.45, 2.75) is 56.8 Å². The van der Waals surface area contributed by atoms with E-state index in [0.717, 1.165) is 4.68 Å². The number of halogens is 6. The first-order valence-corrected chi connectivity index (χ1v) is 7.67. The second-order valence-corrected chi connectivity index (χ2v) is 6.14. The number of anilines is 1. The first-order valence-electron chi connectivity index (χ1n) is 7.67. The molecule has 0 radical (unpaired) electrons. The number of aliphatic hydroxyl groups is 1. The third-order valence-electron chi connectivity index (χ3n) is 3.96. The molecule has 1 aromatic rings. The van der Waals surface area contributed by atoms with E-state index in [2.05, 4.69) is 5.10 Å². The Balaban J connectivity index is 2.56. The number of nitrogens with one attached hydrogen (secondary N) is 1. The van der Waals surface area contributed by atoms with Crippen LogP contribution in [0, 0.1) is 0 Å². The van der Waals surface area contributed by atoms with Crippen LogP contribution in [0.5, 0.6) is 0 Å². The molecule has 0 saturated carbocycles. The molecule has 1 amide bonds. The molecular formula is C14H17F6N3O3. The van der Waals surface area contributed by atoms with Gasteiger partial charge < -0.3 is 15.2 Å². The van der Waals surface area contributed by atoms with Gasteiger partial charge in [-0.25, -0.2) is 4.68 Å². The van der Waals surface area contributed by atoms with Crippen LogP contribution in [0.2, 0.25) is 0 Å². The highest BCUT2D eigenvalue weighted by molar-refractivity contribution is 5.94. The summed E-state index contributed by atoms with van der Waals surface area (Å²) in [5, 5.41) is 15.1. The van der Waals surface area contributed by atoms with Crippen molar-refractivity contribution in [1.29, 1.82) is 0 Å². The maximum absolute atomic E-state index is 13.2. The summed E-state index contributed by atoms with van der Waals surface area (Å²) in [4.78, 5) is 12.1. The summed E-state index contributed by atoms with van der Waals surface area (Å²) in [5.41, 5.74) is -6.79. The fraction of sp³-hybridized carbons (Fsp3) is 0.714. The minimum Gasteiger partial charge on any atom is -0.369 e. The second kappa shape index (κ2) is 6.72. The molecule has 1 aromatic heterocycles. The maximum Gasteiger partial charge on any atom is 0.430 e. The molecule has 2 heterocycles. The van der Waals surface area contributed by atoms with Gasteiger partial charge in [0.25, 0.3) is 11.5 Å². The van der Waals surface area contributed by atoms with Gasteiger partial charge >= 0.3 is 12.4 Å². The van der Waals surface area contributed by atoms with Crippen LogP contribution in [0.15, 0.2) is 6.20 Å². The molecule has 1 saturated heterocycles. The molecule has 1 atom stereocenters. The normalized spacial score (nSPS) is 19.2. The SMILES string of the molecule is CC(C)n1ncc(C(O)(C(F)(F)F)C(F)(F)F)c1NC(=O)[C@@H]1CCCO1. The Kier molecular flexibility index (Phi) is 5.30. The summed E-state index contributed by atoms with van der Waals surface area (Å²) < 4.78 is 84.9. The van der Waals surface area contributed by atoms with Gasteiger partial charge in [0.1, 0.15) is 11.9 Å². The predicted octanol–water partition coefficient (Wildman–Crippen LogP) is 2.89. The Morgan fingerprint density at radius 1 is 1.31 bits per heavy atom. The molecule has 0 spiro atoms. The van der Waals surface area contributed by atoms with E-state index < -0.39 is 47.4 Å². The van der Waals surface area contributed by atoms with Gasteiger partial charge in [-0.2, -0.15) is 31.4 Å². The monoisotopic (exact) mass is 389 g/mol. The Hall–Kier alpha value is -1.82. The van der Waals surface area contributed by atoms with Crippen molar-refractivity contribution >= 4 is 11.7 Å². The van der Waals surface area contributed by atoms with Crippen molar-refractivity contribution in [3.05, 3.63) is 11.8 Å². The number of alkyl halides is 6. The van der Waals surface area contributed by atoms with Gasteiger partial charge in [0.2, 0.25) is 0 Å². The van der Waals surface area contributed by atoms with Crippen molar-refractivity contribution in [2.75, 3.05) is 11.9 Å². The minimum atomic E-state index is -6.08. The van der Waals surface area contributed by atoms with Crippen LogP contribution < -0.4 is 5.32 Å². The Morgan fingerprint density at radius 2 is 1.88 bits per heavy atom. The summed E-state index contributed by atoms with van der Waals surface area (Å²) in [6, 6.07) is -0.686. The van der Waals surface area contributed by atoms with E-state index in [-0.39, 0.29) is 19.2 Å². The van der Waals surface area contributed by atoms with Crippen molar-refractivity contribution in [2.24, 2.45) is 0 Å². The van der Waals surface area contributed by atoms with Gasteiger partial charge in [-0.05, 0) is 26.7 Å². The first-order chi connectivity index (χ1) is 11.8. The molecule has 0 aromatic carbocycles. The number of aromatic nitrogens is 2. The van der Waals surface area contributed by atoms with Crippen molar-refractivity contribution < 1.29 is 41.0 Å². The highest BCUT2D eigenvalue weighted by Gasteiger charge is 2.73. The summed E-state index contributed by atoms with van der Waals surface area (Å²) in [7, 11) is 0. The van der Waals surface area contributed by atoms with Crippen molar-refractivity contribution in [3.63, 3.8) is 0 Å². The number of carbonyl (C=O) groups excluding carboxylic acids is 1. The summed E-state index contributed by atoms with van der Waals surface area (Å²) in [6.07, 6.45) is -12.1. The van der Waals surface area contributed by atoms with Crippen LogP contribution in [0.3, 0.4) is 0 Å². The quantitative estimate of drug-likeness (QED) is 0.777. The minimum absolute atomic E-state index is 0.253. The molecule has 6 nitrogen and oxygen atoms in total. The van der Waals surface area contributed by atoms with Crippen LogP contribution >= 0.6 is 0 Å². The van der Waals surface area contributed by atoms with Crippen LogP contribution in [0.1, 0.15) is 38.3 Å². The molecule has 1 fully saturated rings. The smallest absolute Gasteiger partial charge is 0.369 e. The number of rotatable bonds is 4. The van der Waals surface area contributed by atoms with E-state index in [1.165, 1.54) is 13.8 Å². The molecule has 12 heteroatoms. The van der Waals surface area contributed by atoms with E-state index in [1.54, 1.807) is 0 Å². The first kappa shape index (κ1) is 20.5. The molecule has 0 bridgehead atoms. The van der Waals surface area contributed by atoms with Crippen LogP contribution in [0.4, 0.5) is 32.2 Å². The molecule has 2 N–H and O–H groups in total. The van der Waals surface area contributed by atoms with Gasteiger partial charge in [0.15, 0.2) is 0 Å². The third kappa shape index (κ3) is 3.39. The van der Waals surface area contributed by atoms with Crippen molar-refractivity contribution in [3.8, 4) is 0 Å². The van der Waals surface area contributed by atoms with E-state index in [9.17, 15) is 36.2 Å². The van der Waals surface area contributed by atoms with Gasteiger partial charge in [0, 0.05) is 12.6 Å². The second-order valence-electron chi connectivity index (χ2n) is 6.14. The van der Waals surface area contributed by atoms with Gasteiger partial charge in [-0.3, -0.25) is 4.79 Å². The summed E-state index contributed by atoms with van der Waals surface area (Å²) in [6.45, 7) is 3.14. The molecule has 1 aliphatic rings. The van der Waals surface area contributed by atoms with Crippen LogP contribution in [-0.2, 0) is 15.1 Å². The molecule has 0 unspecified atom stereocenters. The van der Waals surface area contributed by atoms with Gasteiger partial charge in [-0.1, -0.05) is 0 Å². The zero-order valence-corrected chi connectivity index (χ0v) is 13.8. The Bertz CT molecular complexity index is 648. The number of hydrogen-bond donors (Lipinski definition) is 2. The lowest BCUT2D eigenvalue weighted by Crippen LogP contribution is -2.54. The Morgan fingerprint density at radius 3 is 2.31 bits per heavy atom. The number of carbonyl (C=O) groups is 1. The average Bonchev–Trinajstić information content (AvgIpc) is 3.13. The van der Waals surface area contributed by atoms with E-state index >= 15 is 0 Å². The van der Waals surface area contributed by atoms with E-state index in [4.69, 9.17) is 4.74 Å². The number of ether oxygens (including phenoxy) is 1. The largest absolute Gasteiger partial charge is 0.430 e. The standard InChI is InChI=1S/C14H17F6N3O3/c1-7(2)23-10(22-11(24)9-4-3-5-26-9)8(6-21-23)12(25,13(15,16)17)14(18,19)20/h6-7,9,25H,3-5H2,1-2H3,(H,22,24)/t9-/m0/s1. The Labute approximate surface area is 144 Å². The predicted molar refractivity (Wildman–Crippen MR) is 76.2 cm³/mol. The third-order valence-corrected chi connectivity index (χ3v) is 3.96. The molecule has 0 aliphatic carbocycles. The number of nitrogens with zero attached hydrogens (tertiary/aromatic N) is 2. The zero-order valence-electron chi connectivity index (χ0n) is 13.8. The molecule has 26 heavy (non-hydrogen) atoms. The topological polar surface area (TPSA) is 76.4 Å². The lowest BCUT2D eigenvalue weighted by atomic mass is 9.94. The number of hydrogen-bond acceptors (Lipinski definition) is 4. The zero-order chi connectivity index (χ0) is 19.9. The molecule has 148 valence electrons. The lowest BCUT2D eigenvalue weighted by Gasteiger charge is -2.32. The van der Waals surface area contributed by atoms with Crippen molar-refractivity contribution in [1.82, 2.24) is 9.78 Å². The highest BCUT2D eigenvalue weighted by Crippen LogP contribution is 2.52. The summed E-state index contributed by atoms with van der Waals surface area (Å²) in [5.74, 6) is -1.78. The molecule has 2 rings (SSSR count). The lowest BCUT2D eigenvalue weighted by molar-refractivity contribution is -0.376. The maximum atomic E-state index is 13.2. The molecular weight excluding hydrogens is 372 g/mol. The fourth-order valence-electron chi connectivity index (χ4n) is 2.59. The van der Waals surface area contributed by atoms with Crippen LogP contribution in [-0.4, -0.2) is 45.9 Å². The highest BCUT2D eigenvalue weighted by atomic mass is 19.4. The number of amides is 1. The average molecular weight is 389 g/mol. The van der Waals surface area contributed by atoms with Gasteiger partial charge in [-0.15, -0.1) is 0 Å². The van der Waals surface area contributed by atoms with E-state index in [1.807, 2.05) is 5.32 Å². The summed E-state index contributed by atoms with van der Waals surface area (Å²) >= 11 is 0. The van der Waals surface area contributed by atoms with Crippen LogP contribution in [0.25, 0.3) is 0 Å². The fourth-order valence-corrected chi connectivity index (χ4v) is 2.59. The molecule has 1 aliphatic heterocycles. The van der Waals surface area contributed by atoms with E-state index in [0.29, 0.717) is 6.42 Å².